The van der Waals surface area contributed by atoms with Crippen LogP contribution in [-0.2, 0) is 16.0 Å². The summed E-state index contributed by atoms with van der Waals surface area (Å²) in [7, 11) is 0. The van der Waals surface area contributed by atoms with Crippen LogP contribution in [0.2, 0.25) is 0 Å². The van der Waals surface area contributed by atoms with Crippen LogP contribution in [0.1, 0.15) is 29.5 Å². The highest BCUT2D eigenvalue weighted by Crippen LogP contribution is 2.31. The summed E-state index contributed by atoms with van der Waals surface area (Å²) in [6.45, 7) is 6.68. The van der Waals surface area contributed by atoms with Crippen LogP contribution in [0.4, 0.5) is 0 Å². The van der Waals surface area contributed by atoms with E-state index in [0.717, 1.165) is 34.9 Å². The van der Waals surface area contributed by atoms with Crippen LogP contribution < -0.4 is 0 Å². The molecule has 1 saturated carbocycles. The van der Waals surface area contributed by atoms with Gasteiger partial charge in [0.15, 0.2) is 0 Å². The summed E-state index contributed by atoms with van der Waals surface area (Å²) >= 11 is 0. The number of aryl methyl sites for hydroxylation is 2. The molecule has 1 aromatic heterocycles. The van der Waals surface area contributed by atoms with Crippen molar-refractivity contribution >= 4 is 22.8 Å². The van der Waals surface area contributed by atoms with E-state index >= 15 is 0 Å². The summed E-state index contributed by atoms with van der Waals surface area (Å²) in [4.78, 5) is 28.6. The predicted molar refractivity (Wildman–Crippen MR) is 95.3 cm³/mol. The number of hydrogen-bond donors (Lipinski definition) is 0. The molecule has 5 nitrogen and oxygen atoms in total. The Kier molecular flexibility index (Phi) is 4.02. The van der Waals surface area contributed by atoms with Crippen LogP contribution in [0.15, 0.2) is 22.8 Å². The van der Waals surface area contributed by atoms with Crippen molar-refractivity contribution in [3.8, 4) is 0 Å². The quantitative estimate of drug-likeness (QED) is 0.863. The largest absolute Gasteiger partial charge is 0.464 e. The Balaban J connectivity index is 1.41. The Morgan fingerprint density at radius 1 is 1.08 bits per heavy atom. The zero-order valence-corrected chi connectivity index (χ0v) is 14.9. The Morgan fingerprint density at radius 2 is 1.76 bits per heavy atom. The fourth-order valence-electron chi connectivity index (χ4n) is 3.56. The molecule has 2 aromatic rings. The van der Waals surface area contributed by atoms with Gasteiger partial charge in [0.25, 0.3) is 0 Å². The number of furan rings is 1. The standard InChI is InChI=1S/C20H24N2O3/c1-13-3-6-17-16(12-25-19(17)14(13)2)11-18(23)21-7-9-22(10-8-21)20(24)15-4-5-15/h3,6,12,15H,4-5,7-11H2,1-2H3. The van der Waals surface area contributed by atoms with Gasteiger partial charge in [-0.3, -0.25) is 9.59 Å². The van der Waals surface area contributed by atoms with Crippen molar-refractivity contribution < 1.29 is 14.0 Å². The van der Waals surface area contributed by atoms with Gasteiger partial charge >= 0.3 is 0 Å². The van der Waals surface area contributed by atoms with E-state index in [0.29, 0.717) is 32.6 Å². The second-order valence-corrected chi connectivity index (χ2v) is 7.30. The lowest BCUT2D eigenvalue weighted by molar-refractivity contribution is -0.139. The predicted octanol–water partition coefficient (Wildman–Crippen LogP) is 2.67. The van der Waals surface area contributed by atoms with Gasteiger partial charge in [-0.1, -0.05) is 12.1 Å². The summed E-state index contributed by atoms with van der Waals surface area (Å²) < 4.78 is 5.71. The minimum atomic E-state index is 0.111. The molecular weight excluding hydrogens is 316 g/mol. The molecule has 0 bridgehead atoms. The lowest BCUT2D eigenvalue weighted by Gasteiger charge is -2.35. The lowest BCUT2D eigenvalue weighted by Crippen LogP contribution is -2.51. The third-order valence-corrected chi connectivity index (χ3v) is 5.55. The van der Waals surface area contributed by atoms with Gasteiger partial charge in [0, 0.05) is 43.0 Å². The molecule has 0 spiro atoms. The van der Waals surface area contributed by atoms with E-state index in [1.807, 2.05) is 22.8 Å². The molecule has 1 saturated heterocycles. The zero-order valence-electron chi connectivity index (χ0n) is 14.9. The number of rotatable bonds is 3. The van der Waals surface area contributed by atoms with E-state index in [1.54, 1.807) is 6.26 Å². The topological polar surface area (TPSA) is 53.8 Å². The molecule has 2 heterocycles. The van der Waals surface area contributed by atoms with Gasteiger partial charge in [-0.2, -0.15) is 0 Å². The van der Waals surface area contributed by atoms with E-state index < -0.39 is 0 Å². The monoisotopic (exact) mass is 340 g/mol. The third-order valence-electron chi connectivity index (χ3n) is 5.55. The molecule has 2 fully saturated rings. The first-order chi connectivity index (χ1) is 12.0. The highest BCUT2D eigenvalue weighted by molar-refractivity contribution is 5.89. The zero-order chi connectivity index (χ0) is 17.6. The number of nitrogens with zero attached hydrogens (tertiary/aromatic N) is 2. The molecule has 0 radical (unpaired) electrons. The van der Waals surface area contributed by atoms with E-state index in [1.165, 1.54) is 5.56 Å². The van der Waals surface area contributed by atoms with Crippen molar-refractivity contribution in [3.05, 3.63) is 35.1 Å². The minimum absolute atomic E-state index is 0.111. The van der Waals surface area contributed by atoms with Crippen LogP contribution in [0.3, 0.4) is 0 Å². The summed E-state index contributed by atoms with van der Waals surface area (Å²) in [6.07, 6.45) is 4.13. The maximum atomic E-state index is 12.7. The van der Waals surface area contributed by atoms with Crippen molar-refractivity contribution in [2.45, 2.75) is 33.1 Å². The number of fused-ring (bicyclic) bond motifs is 1. The molecule has 2 aliphatic rings. The van der Waals surface area contributed by atoms with Gasteiger partial charge in [-0.15, -0.1) is 0 Å². The van der Waals surface area contributed by atoms with Crippen LogP contribution >= 0.6 is 0 Å². The van der Waals surface area contributed by atoms with Gasteiger partial charge in [0.05, 0.1) is 12.7 Å². The Bertz CT molecular complexity index is 827. The molecule has 2 amide bonds. The van der Waals surface area contributed by atoms with Crippen LogP contribution in [0.25, 0.3) is 11.0 Å². The van der Waals surface area contributed by atoms with Crippen molar-refractivity contribution in [1.82, 2.24) is 9.80 Å². The van der Waals surface area contributed by atoms with E-state index in [2.05, 4.69) is 13.0 Å². The fourth-order valence-corrected chi connectivity index (χ4v) is 3.56. The SMILES string of the molecule is Cc1ccc2c(CC(=O)N3CCN(C(=O)C4CC4)CC3)coc2c1C. The maximum Gasteiger partial charge on any atom is 0.227 e. The van der Waals surface area contributed by atoms with Crippen LogP contribution in [0, 0.1) is 19.8 Å². The number of carbonyl (C=O) groups is 2. The van der Waals surface area contributed by atoms with Gasteiger partial charge in [-0.25, -0.2) is 0 Å². The molecule has 0 unspecified atom stereocenters. The molecule has 0 atom stereocenters. The smallest absolute Gasteiger partial charge is 0.227 e. The molecule has 1 aliphatic heterocycles. The summed E-state index contributed by atoms with van der Waals surface area (Å²) in [6, 6.07) is 4.11. The van der Waals surface area contributed by atoms with Crippen molar-refractivity contribution in [1.29, 1.82) is 0 Å². The highest BCUT2D eigenvalue weighted by Gasteiger charge is 2.35. The van der Waals surface area contributed by atoms with E-state index in [9.17, 15) is 9.59 Å². The van der Waals surface area contributed by atoms with E-state index in [4.69, 9.17) is 4.42 Å². The molecule has 1 aliphatic carbocycles. The number of hydrogen-bond acceptors (Lipinski definition) is 3. The van der Waals surface area contributed by atoms with E-state index in [-0.39, 0.29) is 17.7 Å². The normalized spacial score (nSPS) is 18.0. The number of carbonyl (C=O) groups excluding carboxylic acids is 2. The average Bonchev–Trinajstić information content (AvgIpc) is 3.40. The number of amides is 2. The molecule has 25 heavy (non-hydrogen) atoms. The number of benzene rings is 1. The lowest BCUT2D eigenvalue weighted by atomic mass is 10.0. The first-order valence-electron chi connectivity index (χ1n) is 9.07. The summed E-state index contributed by atoms with van der Waals surface area (Å²) in [5, 5.41) is 1.03. The Morgan fingerprint density at radius 3 is 2.44 bits per heavy atom. The number of piperazine rings is 1. The van der Waals surface area contributed by atoms with Gasteiger partial charge in [0.1, 0.15) is 5.58 Å². The van der Waals surface area contributed by atoms with Gasteiger partial charge in [-0.05, 0) is 37.8 Å². The molecule has 1 aromatic carbocycles. The third kappa shape index (κ3) is 3.03. The van der Waals surface area contributed by atoms with Gasteiger partial charge in [0.2, 0.25) is 11.8 Å². The second kappa shape index (κ2) is 6.21. The van der Waals surface area contributed by atoms with Crippen molar-refractivity contribution in [2.24, 2.45) is 5.92 Å². The first kappa shape index (κ1) is 16.2. The second-order valence-electron chi connectivity index (χ2n) is 7.30. The van der Waals surface area contributed by atoms with Gasteiger partial charge < -0.3 is 14.2 Å². The van der Waals surface area contributed by atoms with Crippen LogP contribution in [0.5, 0.6) is 0 Å². The summed E-state index contributed by atoms with van der Waals surface area (Å²) in [5.41, 5.74) is 4.14. The molecule has 4 rings (SSSR count). The molecule has 132 valence electrons. The maximum absolute atomic E-state index is 12.7. The minimum Gasteiger partial charge on any atom is -0.464 e. The molecule has 5 heteroatoms. The van der Waals surface area contributed by atoms with Crippen LogP contribution in [-0.4, -0.2) is 47.8 Å². The molecular formula is C20H24N2O3. The fraction of sp³-hybridized carbons (Fsp3) is 0.500. The first-order valence-corrected chi connectivity index (χ1v) is 9.07. The Hall–Kier alpha value is -2.30. The van der Waals surface area contributed by atoms with Crippen molar-refractivity contribution in [2.75, 3.05) is 26.2 Å². The highest BCUT2D eigenvalue weighted by atomic mass is 16.3. The summed E-state index contributed by atoms with van der Waals surface area (Å²) in [5.74, 6) is 0.643. The molecule has 0 N–H and O–H groups in total. The van der Waals surface area contributed by atoms with Crippen molar-refractivity contribution in [3.63, 3.8) is 0 Å². The Labute approximate surface area is 147 Å². The average molecular weight is 340 g/mol.